The van der Waals surface area contributed by atoms with Crippen molar-refractivity contribution in [3.63, 3.8) is 0 Å². The summed E-state index contributed by atoms with van der Waals surface area (Å²) in [6.07, 6.45) is 10.2. The second-order valence-corrected chi connectivity index (χ2v) is 7.29. The first-order chi connectivity index (χ1) is 13.8. The summed E-state index contributed by atoms with van der Waals surface area (Å²) >= 11 is 0. The van der Waals surface area contributed by atoms with Gasteiger partial charge in [0.05, 0.1) is 13.1 Å². The summed E-state index contributed by atoms with van der Waals surface area (Å²) in [7, 11) is 0. The molecular formula is C20H37N2NaO7. The van der Waals surface area contributed by atoms with Crippen LogP contribution in [0, 0.1) is 0 Å². The minimum atomic E-state index is -1.18. The number of unbranched alkanes of at least 4 members (excludes halogenated alkanes) is 8. The SMILES string of the molecule is CCCCCCCCCCCC(=O)N(CCN(CC(=O)O)CC(=O)O)CC(=O)O.[NaH]. The van der Waals surface area contributed by atoms with Gasteiger partial charge in [-0.1, -0.05) is 58.3 Å². The van der Waals surface area contributed by atoms with Crippen molar-refractivity contribution in [1.29, 1.82) is 0 Å². The molecule has 0 aromatic heterocycles. The topological polar surface area (TPSA) is 135 Å². The molecule has 3 N–H and O–H groups in total. The van der Waals surface area contributed by atoms with Gasteiger partial charge in [-0.2, -0.15) is 0 Å². The molecule has 0 heterocycles. The first-order valence-corrected chi connectivity index (χ1v) is 10.4. The standard InChI is InChI=1S/C20H36N2O7.Na.H/c1-2-3-4-5-6-7-8-9-10-11-17(23)22(16-20(28)29)13-12-21(14-18(24)25)15-19(26)27;;/h2-16H2,1H3,(H,24,25)(H,26,27)(H,28,29);;. The van der Waals surface area contributed by atoms with Crippen LogP contribution < -0.4 is 0 Å². The van der Waals surface area contributed by atoms with Crippen LogP contribution >= 0.6 is 0 Å². The number of hydrogen-bond donors (Lipinski definition) is 3. The van der Waals surface area contributed by atoms with Gasteiger partial charge in [0, 0.05) is 19.5 Å². The normalized spacial score (nSPS) is 10.5. The average molecular weight is 441 g/mol. The zero-order valence-corrected chi connectivity index (χ0v) is 17.5. The molecule has 0 bridgehead atoms. The van der Waals surface area contributed by atoms with Crippen LogP contribution in [0.5, 0.6) is 0 Å². The van der Waals surface area contributed by atoms with Crippen LogP contribution in [0.1, 0.15) is 71.1 Å². The predicted molar refractivity (Wildman–Crippen MR) is 115 cm³/mol. The third-order valence-electron chi connectivity index (χ3n) is 4.58. The maximum atomic E-state index is 12.4. The van der Waals surface area contributed by atoms with Crippen LogP contribution in [0.4, 0.5) is 0 Å². The van der Waals surface area contributed by atoms with E-state index in [9.17, 15) is 19.2 Å². The van der Waals surface area contributed by atoms with Gasteiger partial charge in [-0.3, -0.25) is 24.1 Å². The van der Waals surface area contributed by atoms with Gasteiger partial charge < -0.3 is 20.2 Å². The van der Waals surface area contributed by atoms with Crippen molar-refractivity contribution in [1.82, 2.24) is 9.80 Å². The monoisotopic (exact) mass is 440 g/mol. The Morgan fingerprint density at radius 3 is 1.50 bits per heavy atom. The molecule has 0 rings (SSSR count). The van der Waals surface area contributed by atoms with Gasteiger partial charge in [0.15, 0.2) is 0 Å². The molecule has 0 aromatic carbocycles. The number of carboxylic acids is 3. The van der Waals surface area contributed by atoms with Crippen molar-refractivity contribution in [2.75, 3.05) is 32.7 Å². The summed E-state index contributed by atoms with van der Waals surface area (Å²) < 4.78 is 0. The Bertz CT molecular complexity index is 501. The van der Waals surface area contributed by atoms with Crippen LogP contribution in [-0.2, 0) is 19.2 Å². The molecule has 0 aliphatic carbocycles. The summed E-state index contributed by atoms with van der Waals surface area (Å²) in [5.74, 6) is -3.83. The fraction of sp³-hybridized carbons (Fsp3) is 0.800. The molecule has 10 heteroatoms. The molecule has 0 saturated carbocycles. The van der Waals surface area contributed by atoms with E-state index >= 15 is 0 Å². The molecule has 0 fully saturated rings. The van der Waals surface area contributed by atoms with Crippen molar-refractivity contribution in [3.05, 3.63) is 0 Å². The Morgan fingerprint density at radius 1 is 0.633 bits per heavy atom. The summed E-state index contributed by atoms with van der Waals surface area (Å²) in [4.78, 5) is 47.4. The van der Waals surface area contributed by atoms with Gasteiger partial charge in [0.1, 0.15) is 6.54 Å². The maximum absolute atomic E-state index is 12.4. The van der Waals surface area contributed by atoms with E-state index in [1.807, 2.05) is 0 Å². The molecule has 0 unspecified atom stereocenters. The van der Waals surface area contributed by atoms with Gasteiger partial charge in [-0.05, 0) is 6.42 Å². The fourth-order valence-corrected chi connectivity index (χ4v) is 3.06. The quantitative estimate of drug-likeness (QED) is 0.204. The number of amides is 1. The molecular weight excluding hydrogens is 403 g/mol. The second kappa shape index (κ2) is 19.8. The predicted octanol–water partition coefficient (Wildman–Crippen LogP) is 1.64. The zero-order valence-electron chi connectivity index (χ0n) is 17.5. The Morgan fingerprint density at radius 2 is 1.07 bits per heavy atom. The van der Waals surface area contributed by atoms with E-state index in [4.69, 9.17) is 15.3 Å². The number of carbonyl (C=O) groups is 4. The third-order valence-corrected chi connectivity index (χ3v) is 4.58. The van der Waals surface area contributed by atoms with Crippen LogP contribution in [0.15, 0.2) is 0 Å². The van der Waals surface area contributed by atoms with Gasteiger partial charge in [0.2, 0.25) is 5.91 Å². The molecule has 0 atom stereocenters. The molecule has 0 spiro atoms. The molecule has 0 aliphatic rings. The van der Waals surface area contributed by atoms with Crippen molar-refractivity contribution in [3.8, 4) is 0 Å². The first-order valence-electron chi connectivity index (χ1n) is 10.4. The average Bonchev–Trinajstić information content (AvgIpc) is 2.62. The number of carbonyl (C=O) groups excluding carboxylic acids is 1. The van der Waals surface area contributed by atoms with E-state index in [0.29, 0.717) is 6.42 Å². The fourth-order valence-electron chi connectivity index (χ4n) is 3.06. The molecule has 0 aromatic rings. The van der Waals surface area contributed by atoms with E-state index in [0.717, 1.165) is 29.1 Å². The van der Waals surface area contributed by atoms with Crippen LogP contribution in [0.2, 0.25) is 0 Å². The van der Waals surface area contributed by atoms with E-state index < -0.39 is 37.5 Å². The van der Waals surface area contributed by atoms with Gasteiger partial charge in [0.25, 0.3) is 0 Å². The van der Waals surface area contributed by atoms with Gasteiger partial charge in [-0.15, -0.1) is 0 Å². The van der Waals surface area contributed by atoms with Crippen LogP contribution in [0.25, 0.3) is 0 Å². The van der Waals surface area contributed by atoms with Crippen molar-refractivity contribution in [2.24, 2.45) is 0 Å². The van der Waals surface area contributed by atoms with Crippen molar-refractivity contribution < 1.29 is 34.5 Å². The van der Waals surface area contributed by atoms with Crippen molar-refractivity contribution in [2.45, 2.75) is 71.1 Å². The van der Waals surface area contributed by atoms with Crippen LogP contribution in [-0.4, -0.2) is 111 Å². The molecule has 9 nitrogen and oxygen atoms in total. The Labute approximate surface area is 201 Å². The number of hydrogen-bond acceptors (Lipinski definition) is 5. The number of carboxylic acid groups (broad SMARTS) is 3. The number of aliphatic carboxylic acids is 3. The zero-order chi connectivity index (χ0) is 22.1. The van der Waals surface area contributed by atoms with Crippen molar-refractivity contribution >= 4 is 53.4 Å². The molecule has 30 heavy (non-hydrogen) atoms. The second-order valence-electron chi connectivity index (χ2n) is 7.29. The van der Waals surface area contributed by atoms with Gasteiger partial charge >= 0.3 is 47.5 Å². The third kappa shape index (κ3) is 18.8. The molecule has 0 aliphatic heterocycles. The Balaban J connectivity index is 0. The molecule has 0 saturated heterocycles. The Hall–Kier alpha value is -1.16. The Kier molecular flexibility index (Phi) is 20.5. The van der Waals surface area contributed by atoms with E-state index in [1.54, 1.807) is 0 Å². The minimum absolute atomic E-state index is 0. The van der Waals surface area contributed by atoms with E-state index in [2.05, 4.69) is 6.92 Å². The van der Waals surface area contributed by atoms with Crippen LogP contribution in [0.3, 0.4) is 0 Å². The summed E-state index contributed by atoms with van der Waals surface area (Å²) in [5.41, 5.74) is 0. The number of rotatable bonds is 19. The summed E-state index contributed by atoms with van der Waals surface area (Å²) in [6.45, 7) is 0.683. The van der Waals surface area contributed by atoms with E-state index in [1.165, 1.54) is 32.1 Å². The summed E-state index contributed by atoms with van der Waals surface area (Å²) in [6, 6.07) is 0. The molecule has 1 amide bonds. The van der Waals surface area contributed by atoms with E-state index in [-0.39, 0.29) is 55.0 Å². The molecule has 0 radical (unpaired) electrons. The molecule has 170 valence electrons. The first kappa shape index (κ1) is 31.0. The number of nitrogens with zero attached hydrogens (tertiary/aromatic N) is 2. The van der Waals surface area contributed by atoms with Gasteiger partial charge in [-0.25, -0.2) is 0 Å². The summed E-state index contributed by atoms with van der Waals surface area (Å²) in [5, 5.41) is 26.7.